The molecule has 3 N–H and O–H groups in total. The van der Waals surface area contributed by atoms with Gasteiger partial charge >= 0.3 is 0 Å². The van der Waals surface area contributed by atoms with Crippen molar-refractivity contribution in [3.8, 4) is 0 Å². The van der Waals surface area contributed by atoms with E-state index in [0.717, 1.165) is 49.8 Å². The van der Waals surface area contributed by atoms with E-state index in [9.17, 15) is 5.11 Å². The summed E-state index contributed by atoms with van der Waals surface area (Å²) in [5.41, 5.74) is 8.49. The van der Waals surface area contributed by atoms with Crippen LogP contribution in [-0.2, 0) is 5.41 Å². The lowest BCUT2D eigenvalue weighted by molar-refractivity contribution is -0.00722. The van der Waals surface area contributed by atoms with Gasteiger partial charge in [0, 0.05) is 24.2 Å². The molecule has 1 saturated heterocycles. The molecule has 2 atom stereocenters. The molecule has 2 saturated carbocycles. The maximum Gasteiger partial charge on any atom is 0.0648 e. The molecular weight excluding hydrogens is 320 g/mol. The minimum absolute atomic E-state index is 0.353. The standard InChI is InChI=1S/C23H36N2O/c1-2-10-23(18-8-6-9-19(24)15-18)20-16-25(17-21(20)23)14-7-13-22(26)11-4-3-5-12-22/h6,8-9,15,20-21,26H,2-5,7,10-14,16-17,24H2,1H3. The second-order valence-corrected chi connectivity index (χ2v) is 9.28. The Hall–Kier alpha value is -1.06. The quantitative estimate of drug-likeness (QED) is 0.714. The van der Waals surface area contributed by atoms with E-state index in [1.165, 1.54) is 50.8 Å². The highest BCUT2D eigenvalue weighted by molar-refractivity contribution is 5.48. The highest BCUT2D eigenvalue weighted by Gasteiger charge is 2.67. The first kappa shape index (κ1) is 18.3. The summed E-state index contributed by atoms with van der Waals surface area (Å²) in [7, 11) is 0. The van der Waals surface area contributed by atoms with E-state index in [2.05, 4.69) is 30.0 Å². The van der Waals surface area contributed by atoms with Crippen LogP contribution >= 0.6 is 0 Å². The molecule has 26 heavy (non-hydrogen) atoms. The maximum atomic E-state index is 10.7. The Bertz CT molecular complexity index is 610. The number of nitrogens with two attached hydrogens (primary N) is 1. The molecule has 144 valence electrons. The predicted octanol–water partition coefficient (Wildman–Crippen LogP) is 4.34. The summed E-state index contributed by atoms with van der Waals surface area (Å²) in [4.78, 5) is 2.65. The molecule has 1 aromatic rings. The topological polar surface area (TPSA) is 49.5 Å². The van der Waals surface area contributed by atoms with Crippen LogP contribution in [0.25, 0.3) is 0 Å². The largest absolute Gasteiger partial charge is 0.399 e. The Morgan fingerprint density at radius 2 is 1.85 bits per heavy atom. The third-order valence-electron chi connectivity index (χ3n) is 7.60. The summed E-state index contributed by atoms with van der Waals surface area (Å²) in [5, 5.41) is 10.7. The minimum Gasteiger partial charge on any atom is -0.399 e. The molecule has 1 heterocycles. The van der Waals surface area contributed by atoms with Gasteiger partial charge in [0.1, 0.15) is 0 Å². The zero-order chi connectivity index (χ0) is 18.2. The third-order valence-corrected chi connectivity index (χ3v) is 7.60. The Morgan fingerprint density at radius 1 is 1.12 bits per heavy atom. The number of nitrogens with zero attached hydrogens (tertiary/aromatic N) is 1. The summed E-state index contributed by atoms with van der Waals surface area (Å²) < 4.78 is 0. The molecule has 0 bridgehead atoms. The molecule has 0 amide bonds. The molecule has 4 rings (SSSR count). The average Bonchev–Trinajstić information content (AvgIpc) is 2.99. The van der Waals surface area contributed by atoms with Crippen molar-refractivity contribution in [3.63, 3.8) is 0 Å². The van der Waals surface area contributed by atoms with Crippen molar-refractivity contribution in [1.82, 2.24) is 4.90 Å². The van der Waals surface area contributed by atoms with Crippen LogP contribution in [0.15, 0.2) is 24.3 Å². The Balaban J connectivity index is 1.31. The van der Waals surface area contributed by atoms with E-state index in [-0.39, 0.29) is 5.60 Å². The van der Waals surface area contributed by atoms with Gasteiger partial charge in [-0.2, -0.15) is 0 Å². The molecule has 1 aliphatic heterocycles. The van der Waals surface area contributed by atoms with Crippen molar-refractivity contribution in [1.29, 1.82) is 0 Å². The van der Waals surface area contributed by atoms with E-state index in [1.54, 1.807) is 0 Å². The second kappa shape index (κ2) is 7.16. The normalized spacial score (nSPS) is 33.2. The van der Waals surface area contributed by atoms with Crippen LogP contribution in [0.2, 0.25) is 0 Å². The molecule has 3 fully saturated rings. The van der Waals surface area contributed by atoms with Crippen LogP contribution < -0.4 is 5.73 Å². The molecule has 0 spiro atoms. The van der Waals surface area contributed by atoms with E-state index in [4.69, 9.17) is 5.73 Å². The van der Waals surface area contributed by atoms with Gasteiger partial charge in [-0.15, -0.1) is 0 Å². The molecule has 1 aromatic carbocycles. The van der Waals surface area contributed by atoms with Gasteiger partial charge in [-0.3, -0.25) is 0 Å². The summed E-state index contributed by atoms with van der Waals surface area (Å²) >= 11 is 0. The molecule has 2 unspecified atom stereocenters. The summed E-state index contributed by atoms with van der Waals surface area (Å²) in [6.07, 6.45) is 10.5. The molecule has 3 aliphatic rings. The van der Waals surface area contributed by atoms with Crippen molar-refractivity contribution >= 4 is 5.69 Å². The van der Waals surface area contributed by atoms with Gasteiger partial charge in [-0.1, -0.05) is 44.7 Å². The number of aliphatic hydroxyl groups is 1. The van der Waals surface area contributed by atoms with Gasteiger partial charge in [0.2, 0.25) is 0 Å². The van der Waals surface area contributed by atoms with Crippen molar-refractivity contribution in [3.05, 3.63) is 29.8 Å². The van der Waals surface area contributed by atoms with Gasteiger partial charge in [0.25, 0.3) is 0 Å². The van der Waals surface area contributed by atoms with Gasteiger partial charge in [-0.25, -0.2) is 0 Å². The highest BCUT2D eigenvalue weighted by Crippen LogP contribution is 2.66. The van der Waals surface area contributed by atoms with Crippen molar-refractivity contribution in [2.45, 2.75) is 75.7 Å². The monoisotopic (exact) mass is 356 g/mol. The lowest BCUT2D eigenvalue weighted by atomic mass is 9.81. The minimum atomic E-state index is -0.353. The fourth-order valence-corrected chi connectivity index (χ4v) is 6.28. The first-order chi connectivity index (χ1) is 12.6. The highest BCUT2D eigenvalue weighted by atomic mass is 16.3. The number of nitrogen functional groups attached to an aromatic ring is 1. The van der Waals surface area contributed by atoms with Crippen LogP contribution in [0.1, 0.15) is 70.3 Å². The second-order valence-electron chi connectivity index (χ2n) is 9.28. The molecule has 2 aliphatic carbocycles. The fraction of sp³-hybridized carbons (Fsp3) is 0.739. The first-order valence-electron chi connectivity index (χ1n) is 10.9. The van der Waals surface area contributed by atoms with Crippen LogP contribution in [0.3, 0.4) is 0 Å². The predicted molar refractivity (Wildman–Crippen MR) is 108 cm³/mol. The Labute approximate surface area is 159 Å². The van der Waals surface area contributed by atoms with E-state index >= 15 is 0 Å². The lowest BCUT2D eigenvalue weighted by Gasteiger charge is -2.33. The SMILES string of the molecule is CCCC1(c2cccc(N)c2)C2CN(CCCC3(O)CCCCC3)CC21. The maximum absolute atomic E-state index is 10.7. The third kappa shape index (κ3) is 3.29. The zero-order valence-corrected chi connectivity index (χ0v) is 16.4. The molecule has 3 heteroatoms. The van der Waals surface area contributed by atoms with Crippen molar-refractivity contribution in [2.24, 2.45) is 11.8 Å². The van der Waals surface area contributed by atoms with Gasteiger partial charge < -0.3 is 15.7 Å². The number of benzene rings is 1. The Morgan fingerprint density at radius 3 is 2.50 bits per heavy atom. The van der Waals surface area contributed by atoms with Crippen LogP contribution in [0.5, 0.6) is 0 Å². The summed E-state index contributed by atoms with van der Waals surface area (Å²) in [6, 6.07) is 8.65. The van der Waals surface area contributed by atoms with E-state index in [0.29, 0.717) is 5.41 Å². The zero-order valence-electron chi connectivity index (χ0n) is 16.4. The molecule has 0 aromatic heterocycles. The van der Waals surface area contributed by atoms with E-state index in [1.807, 2.05) is 6.07 Å². The summed E-state index contributed by atoms with van der Waals surface area (Å²) in [6.45, 7) is 5.94. The Kier molecular flexibility index (Phi) is 5.04. The number of rotatable bonds is 7. The van der Waals surface area contributed by atoms with Crippen LogP contribution in [0, 0.1) is 11.8 Å². The smallest absolute Gasteiger partial charge is 0.0648 e. The van der Waals surface area contributed by atoms with Crippen molar-refractivity contribution in [2.75, 3.05) is 25.4 Å². The lowest BCUT2D eigenvalue weighted by Crippen LogP contribution is -2.34. The van der Waals surface area contributed by atoms with Crippen LogP contribution in [0.4, 0.5) is 5.69 Å². The molecular formula is C23H36N2O. The number of anilines is 1. The average molecular weight is 357 g/mol. The summed E-state index contributed by atoms with van der Waals surface area (Å²) in [5.74, 6) is 1.61. The number of likely N-dealkylation sites (tertiary alicyclic amines) is 1. The van der Waals surface area contributed by atoms with E-state index < -0.39 is 0 Å². The number of hydrogen-bond acceptors (Lipinski definition) is 3. The number of piperidine rings is 1. The first-order valence-corrected chi connectivity index (χ1v) is 10.9. The number of hydrogen-bond donors (Lipinski definition) is 2. The van der Waals surface area contributed by atoms with Crippen LogP contribution in [-0.4, -0.2) is 35.2 Å². The van der Waals surface area contributed by atoms with Gasteiger partial charge in [-0.05, 0) is 68.2 Å². The van der Waals surface area contributed by atoms with Crippen molar-refractivity contribution < 1.29 is 5.11 Å². The van der Waals surface area contributed by atoms with Gasteiger partial charge in [0.15, 0.2) is 0 Å². The number of fused-ring (bicyclic) bond motifs is 1. The fourth-order valence-electron chi connectivity index (χ4n) is 6.28. The molecule has 3 nitrogen and oxygen atoms in total. The van der Waals surface area contributed by atoms with Gasteiger partial charge in [0.05, 0.1) is 5.60 Å². The molecule has 0 radical (unpaired) electrons.